The maximum Gasteiger partial charge on any atom is 0.418 e. The monoisotopic (exact) mass is 390 g/mol. The van der Waals surface area contributed by atoms with Crippen LogP contribution in [0, 0.1) is 0 Å². The molecule has 0 bridgehead atoms. The number of rotatable bonds is 7. The van der Waals surface area contributed by atoms with Crippen molar-refractivity contribution in [2.45, 2.75) is 25.8 Å². The second-order valence-corrected chi connectivity index (χ2v) is 5.47. The third-order valence-corrected chi connectivity index (χ3v) is 3.40. The van der Waals surface area contributed by atoms with E-state index >= 15 is 0 Å². The van der Waals surface area contributed by atoms with Crippen LogP contribution < -0.4 is 0 Å². The van der Waals surface area contributed by atoms with Gasteiger partial charge in [0.25, 0.3) is 0 Å². The third kappa shape index (κ3) is 4.79. The van der Waals surface area contributed by atoms with E-state index in [0.717, 1.165) is 16.8 Å². The number of alkyl halides is 3. The molecule has 1 atom stereocenters. The first kappa shape index (κ1) is 19.9. The van der Waals surface area contributed by atoms with Crippen molar-refractivity contribution in [3.05, 3.63) is 47.3 Å². The summed E-state index contributed by atoms with van der Waals surface area (Å²) in [7, 11) is 0. The summed E-state index contributed by atoms with van der Waals surface area (Å²) in [6, 6.07) is 3.16. The Morgan fingerprint density at radius 2 is 2.19 bits per heavy atom. The smallest absolute Gasteiger partial charge is 0.418 e. The number of esters is 1. The van der Waals surface area contributed by atoms with Crippen LogP contribution in [-0.2, 0) is 27.1 Å². The molecule has 1 heterocycles. The average molecular weight is 391 g/mol. The highest BCUT2D eigenvalue weighted by atomic mass is 35.5. The minimum Gasteiger partial charge on any atom is -0.455 e. The van der Waals surface area contributed by atoms with Crippen molar-refractivity contribution in [2.75, 3.05) is 6.61 Å². The van der Waals surface area contributed by atoms with Crippen LogP contribution in [0.1, 0.15) is 18.3 Å². The van der Waals surface area contributed by atoms with Crippen molar-refractivity contribution < 1.29 is 27.4 Å². The maximum absolute atomic E-state index is 13.2. The molecule has 1 aromatic carbocycles. The van der Waals surface area contributed by atoms with Crippen molar-refractivity contribution >= 4 is 17.6 Å². The number of carbonyl (C=O) groups excluding carboxylic acids is 1. The minimum atomic E-state index is -4.67. The molecule has 0 N–H and O–H groups in total. The van der Waals surface area contributed by atoms with Gasteiger partial charge in [-0.15, -0.1) is 11.7 Å². The predicted octanol–water partition coefficient (Wildman–Crippen LogP) is 2.97. The van der Waals surface area contributed by atoms with E-state index in [4.69, 9.17) is 21.1 Å². The summed E-state index contributed by atoms with van der Waals surface area (Å²) in [4.78, 5) is 11.8. The van der Waals surface area contributed by atoms with Gasteiger partial charge in [-0.3, -0.25) is 0 Å². The van der Waals surface area contributed by atoms with E-state index in [1.165, 1.54) is 19.1 Å². The van der Waals surface area contributed by atoms with Crippen LogP contribution in [0.4, 0.5) is 13.2 Å². The first-order chi connectivity index (χ1) is 12.2. The van der Waals surface area contributed by atoms with E-state index in [0.29, 0.717) is 0 Å². The summed E-state index contributed by atoms with van der Waals surface area (Å²) in [6.07, 6.45) is -4.09. The number of ether oxygens (including phenoxy) is 2. The number of halogens is 4. The van der Waals surface area contributed by atoms with E-state index in [9.17, 15) is 18.0 Å². The lowest BCUT2D eigenvalue weighted by molar-refractivity contribution is -0.157. The number of tetrazole rings is 1. The second-order valence-electron chi connectivity index (χ2n) is 5.04. The summed E-state index contributed by atoms with van der Waals surface area (Å²) < 4.78 is 50.6. The molecule has 1 aromatic heterocycles. The number of benzene rings is 1. The van der Waals surface area contributed by atoms with Gasteiger partial charge in [-0.2, -0.15) is 17.9 Å². The largest absolute Gasteiger partial charge is 0.455 e. The summed E-state index contributed by atoms with van der Waals surface area (Å²) in [5.74, 6) is -0.810. The summed E-state index contributed by atoms with van der Waals surface area (Å²) >= 11 is 5.65. The van der Waals surface area contributed by atoms with Crippen LogP contribution >= 0.6 is 11.6 Å². The van der Waals surface area contributed by atoms with Crippen LogP contribution in [0.25, 0.3) is 5.69 Å². The Morgan fingerprint density at radius 3 is 2.85 bits per heavy atom. The van der Waals surface area contributed by atoms with Gasteiger partial charge in [0.2, 0.25) is 0 Å². The van der Waals surface area contributed by atoms with Crippen LogP contribution in [-0.4, -0.2) is 38.9 Å². The molecule has 0 amide bonds. The van der Waals surface area contributed by atoms with E-state index in [1.54, 1.807) is 0 Å². The molecule has 26 heavy (non-hydrogen) atoms. The van der Waals surface area contributed by atoms with Crippen LogP contribution in [0.2, 0.25) is 5.02 Å². The molecule has 7 nitrogen and oxygen atoms in total. The van der Waals surface area contributed by atoms with Gasteiger partial charge in [-0.05, 0) is 35.5 Å². The molecular formula is C15H14ClF3N4O3. The van der Waals surface area contributed by atoms with Crippen LogP contribution in [0.5, 0.6) is 0 Å². The van der Waals surface area contributed by atoms with Crippen molar-refractivity contribution in [3.8, 4) is 5.69 Å². The Kier molecular flexibility index (Phi) is 6.32. The predicted molar refractivity (Wildman–Crippen MR) is 84.6 cm³/mol. The standard InChI is InChI=1S/C15H14ClF3N4O3/c1-3-6-25-9(2)14(24)26-8-13-20-21-22-23(13)12-5-4-10(16)7-11(12)15(17,18)19/h3-5,7,9H,1,6,8H2,2H3. The zero-order chi connectivity index (χ0) is 19.3. The Bertz CT molecular complexity index is 795. The normalized spacial score (nSPS) is 12.7. The molecule has 140 valence electrons. The lowest BCUT2D eigenvalue weighted by atomic mass is 10.1. The molecular weight excluding hydrogens is 377 g/mol. The van der Waals surface area contributed by atoms with Gasteiger partial charge >= 0.3 is 12.1 Å². The van der Waals surface area contributed by atoms with Gasteiger partial charge in [0.05, 0.1) is 17.9 Å². The first-order valence-electron chi connectivity index (χ1n) is 7.27. The molecule has 0 aliphatic carbocycles. The molecule has 2 aromatic rings. The lowest BCUT2D eigenvalue weighted by Crippen LogP contribution is -2.24. The van der Waals surface area contributed by atoms with Gasteiger partial charge in [0, 0.05) is 5.02 Å². The summed E-state index contributed by atoms with van der Waals surface area (Å²) in [5, 5.41) is 10.4. The Morgan fingerprint density at radius 1 is 1.46 bits per heavy atom. The fraction of sp³-hybridized carbons (Fsp3) is 0.333. The van der Waals surface area contributed by atoms with Crippen LogP contribution in [0.3, 0.4) is 0 Å². The third-order valence-electron chi connectivity index (χ3n) is 3.17. The number of aromatic nitrogens is 4. The summed E-state index contributed by atoms with van der Waals surface area (Å²) in [6.45, 7) is 4.63. The molecule has 1 unspecified atom stereocenters. The molecule has 0 aliphatic heterocycles. The topological polar surface area (TPSA) is 79.1 Å². The SMILES string of the molecule is C=CCOC(C)C(=O)OCc1nnnn1-c1ccc(Cl)cc1C(F)(F)F. The molecule has 11 heteroatoms. The van der Waals surface area contributed by atoms with E-state index < -0.39 is 30.4 Å². The highest BCUT2D eigenvalue weighted by molar-refractivity contribution is 6.30. The van der Waals surface area contributed by atoms with Gasteiger partial charge in [0.1, 0.15) is 0 Å². The molecule has 0 saturated heterocycles. The second kappa shape index (κ2) is 8.28. The van der Waals surface area contributed by atoms with Gasteiger partial charge in [-0.1, -0.05) is 17.7 Å². The van der Waals surface area contributed by atoms with Crippen molar-refractivity contribution in [1.82, 2.24) is 20.2 Å². The molecule has 0 aliphatic rings. The molecule has 0 fully saturated rings. The highest BCUT2D eigenvalue weighted by Gasteiger charge is 2.35. The van der Waals surface area contributed by atoms with Crippen molar-refractivity contribution in [1.29, 1.82) is 0 Å². The quantitative estimate of drug-likeness (QED) is 0.534. The first-order valence-corrected chi connectivity index (χ1v) is 7.65. The molecule has 0 radical (unpaired) electrons. The Balaban J connectivity index is 2.22. The fourth-order valence-electron chi connectivity index (χ4n) is 1.94. The minimum absolute atomic E-state index is 0.0877. The number of nitrogens with zero attached hydrogens (tertiary/aromatic N) is 4. The Labute approximate surface area is 151 Å². The van der Waals surface area contributed by atoms with Gasteiger partial charge < -0.3 is 9.47 Å². The zero-order valence-electron chi connectivity index (χ0n) is 13.5. The van der Waals surface area contributed by atoms with Crippen LogP contribution in [0.15, 0.2) is 30.9 Å². The summed E-state index contributed by atoms with van der Waals surface area (Å²) in [5.41, 5.74) is -1.36. The zero-order valence-corrected chi connectivity index (χ0v) is 14.3. The lowest BCUT2D eigenvalue weighted by Gasteiger charge is -2.14. The van der Waals surface area contributed by atoms with E-state index in [2.05, 4.69) is 22.1 Å². The Hall–Kier alpha value is -2.46. The van der Waals surface area contributed by atoms with E-state index in [-0.39, 0.29) is 23.1 Å². The van der Waals surface area contributed by atoms with Crippen molar-refractivity contribution in [2.24, 2.45) is 0 Å². The number of hydrogen-bond donors (Lipinski definition) is 0. The average Bonchev–Trinajstić information content (AvgIpc) is 3.05. The fourth-order valence-corrected chi connectivity index (χ4v) is 2.11. The molecule has 0 spiro atoms. The molecule has 0 saturated carbocycles. The maximum atomic E-state index is 13.2. The molecule has 2 rings (SSSR count). The highest BCUT2D eigenvalue weighted by Crippen LogP contribution is 2.35. The van der Waals surface area contributed by atoms with E-state index in [1.807, 2.05) is 0 Å². The number of hydrogen-bond acceptors (Lipinski definition) is 6. The van der Waals surface area contributed by atoms with Crippen molar-refractivity contribution in [3.63, 3.8) is 0 Å². The van der Waals surface area contributed by atoms with Gasteiger partial charge in [0.15, 0.2) is 18.5 Å². The number of carbonyl (C=O) groups is 1. The van der Waals surface area contributed by atoms with Gasteiger partial charge in [-0.25, -0.2) is 4.79 Å².